The third-order valence-electron chi connectivity index (χ3n) is 2.74. The molecule has 5 nitrogen and oxygen atoms in total. The number of aromatic nitrogens is 2. The summed E-state index contributed by atoms with van der Waals surface area (Å²) in [5.74, 6) is 7.10. The largest absolute Gasteiger partial charge is 0.497 e. The SMILES string of the molecule is COc1cc(CCc2ccn(N)n2)cc(OC)c1. The molecule has 0 radical (unpaired) electrons. The van der Waals surface area contributed by atoms with Gasteiger partial charge in [0.15, 0.2) is 0 Å². The standard InChI is InChI=1S/C13H17N3O2/c1-17-12-7-10(8-13(9-12)18-2)3-4-11-5-6-16(14)15-11/h5-9H,3-4,14H2,1-2H3. The molecule has 0 bridgehead atoms. The van der Waals surface area contributed by atoms with E-state index in [9.17, 15) is 0 Å². The first-order valence-electron chi connectivity index (χ1n) is 5.73. The number of ether oxygens (including phenoxy) is 2. The molecule has 0 spiro atoms. The van der Waals surface area contributed by atoms with Crippen molar-refractivity contribution in [1.82, 2.24) is 9.89 Å². The maximum Gasteiger partial charge on any atom is 0.122 e. The van der Waals surface area contributed by atoms with Crippen molar-refractivity contribution in [1.29, 1.82) is 0 Å². The Bertz CT molecular complexity index is 500. The summed E-state index contributed by atoms with van der Waals surface area (Å²) in [6, 6.07) is 7.78. The molecule has 2 N–H and O–H groups in total. The number of methoxy groups -OCH3 is 2. The maximum absolute atomic E-state index is 5.50. The molecule has 0 saturated heterocycles. The van der Waals surface area contributed by atoms with Crippen LogP contribution in [-0.4, -0.2) is 24.1 Å². The van der Waals surface area contributed by atoms with E-state index in [1.807, 2.05) is 24.3 Å². The molecule has 0 aliphatic rings. The van der Waals surface area contributed by atoms with Gasteiger partial charge in [0.1, 0.15) is 11.5 Å². The minimum absolute atomic E-state index is 0.800. The summed E-state index contributed by atoms with van der Waals surface area (Å²) in [6.45, 7) is 0. The predicted molar refractivity (Wildman–Crippen MR) is 69.3 cm³/mol. The fraction of sp³-hybridized carbons (Fsp3) is 0.308. The van der Waals surface area contributed by atoms with Gasteiger partial charge in [0, 0.05) is 12.3 Å². The molecule has 1 aromatic heterocycles. The van der Waals surface area contributed by atoms with Gasteiger partial charge in [-0.3, -0.25) is 0 Å². The van der Waals surface area contributed by atoms with Crippen LogP contribution in [0.3, 0.4) is 0 Å². The number of nitrogen functional groups attached to an aromatic ring is 1. The second-order valence-electron chi connectivity index (χ2n) is 4.01. The molecule has 0 saturated carbocycles. The maximum atomic E-state index is 5.50. The quantitative estimate of drug-likeness (QED) is 0.811. The minimum atomic E-state index is 0.800. The number of nitrogens with two attached hydrogens (primary N) is 1. The molecular weight excluding hydrogens is 230 g/mol. The summed E-state index contributed by atoms with van der Waals surface area (Å²) in [5, 5.41) is 4.14. The van der Waals surface area contributed by atoms with Crippen LogP contribution < -0.4 is 15.3 Å². The summed E-state index contributed by atoms with van der Waals surface area (Å²) in [5.41, 5.74) is 2.12. The topological polar surface area (TPSA) is 62.3 Å². The van der Waals surface area contributed by atoms with Crippen molar-refractivity contribution in [3.05, 3.63) is 41.7 Å². The van der Waals surface area contributed by atoms with E-state index in [-0.39, 0.29) is 0 Å². The number of hydrogen-bond donors (Lipinski definition) is 1. The third kappa shape index (κ3) is 2.94. The van der Waals surface area contributed by atoms with Gasteiger partial charge in [-0.25, -0.2) is 0 Å². The van der Waals surface area contributed by atoms with Crippen LogP contribution in [0.4, 0.5) is 0 Å². The fourth-order valence-corrected chi connectivity index (χ4v) is 1.79. The monoisotopic (exact) mass is 247 g/mol. The van der Waals surface area contributed by atoms with Crippen molar-refractivity contribution < 1.29 is 9.47 Å². The van der Waals surface area contributed by atoms with E-state index in [1.54, 1.807) is 20.4 Å². The Morgan fingerprint density at radius 2 is 1.78 bits per heavy atom. The summed E-state index contributed by atoms with van der Waals surface area (Å²) < 4.78 is 10.5. The second kappa shape index (κ2) is 5.44. The predicted octanol–water partition coefficient (Wildman–Crippen LogP) is 1.40. The van der Waals surface area contributed by atoms with E-state index in [1.165, 1.54) is 4.79 Å². The first-order chi connectivity index (χ1) is 8.71. The normalized spacial score (nSPS) is 10.3. The molecule has 5 heteroatoms. The molecule has 0 atom stereocenters. The van der Waals surface area contributed by atoms with Crippen LogP contribution in [0.25, 0.3) is 0 Å². The lowest BCUT2D eigenvalue weighted by Crippen LogP contribution is -2.08. The smallest absolute Gasteiger partial charge is 0.122 e. The number of aryl methyl sites for hydroxylation is 2. The molecule has 0 amide bonds. The number of rotatable bonds is 5. The van der Waals surface area contributed by atoms with Gasteiger partial charge in [0.2, 0.25) is 0 Å². The molecule has 0 aliphatic heterocycles. The third-order valence-corrected chi connectivity index (χ3v) is 2.74. The molecule has 2 rings (SSSR count). The van der Waals surface area contributed by atoms with E-state index in [0.717, 1.165) is 35.6 Å². The average molecular weight is 247 g/mol. The molecule has 1 heterocycles. The van der Waals surface area contributed by atoms with Crippen LogP contribution in [0, 0.1) is 0 Å². The lowest BCUT2D eigenvalue weighted by atomic mass is 10.1. The Kier molecular flexibility index (Phi) is 3.72. The zero-order valence-corrected chi connectivity index (χ0v) is 10.6. The number of nitrogens with zero attached hydrogens (tertiary/aromatic N) is 2. The molecule has 0 fully saturated rings. The molecule has 0 unspecified atom stereocenters. The minimum Gasteiger partial charge on any atom is -0.497 e. The molecule has 0 aliphatic carbocycles. The summed E-state index contributed by atoms with van der Waals surface area (Å²) in [6.07, 6.45) is 3.44. The van der Waals surface area contributed by atoms with Crippen LogP contribution >= 0.6 is 0 Å². The van der Waals surface area contributed by atoms with Gasteiger partial charge in [-0.15, -0.1) is 0 Å². The zero-order valence-electron chi connectivity index (χ0n) is 10.6. The summed E-state index contributed by atoms with van der Waals surface area (Å²) >= 11 is 0. The van der Waals surface area contributed by atoms with Gasteiger partial charge in [0.25, 0.3) is 0 Å². The lowest BCUT2D eigenvalue weighted by molar-refractivity contribution is 0.393. The Balaban J connectivity index is 2.08. The molecule has 2 aromatic rings. The fourth-order valence-electron chi connectivity index (χ4n) is 1.79. The highest BCUT2D eigenvalue weighted by Gasteiger charge is 2.04. The first-order valence-corrected chi connectivity index (χ1v) is 5.73. The van der Waals surface area contributed by atoms with Crippen molar-refractivity contribution in [3.8, 4) is 11.5 Å². The summed E-state index contributed by atoms with van der Waals surface area (Å²) in [7, 11) is 3.29. The van der Waals surface area contributed by atoms with E-state index < -0.39 is 0 Å². The van der Waals surface area contributed by atoms with Crippen molar-refractivity contribution in [2.75, 3.05) is 20.1 Å². The van der Waals surface area contributed by atoms with Gasteiger partial charge < -0.3 is 15.3 Å². The van der Waals surface area contributed by atoms with Crippen molar-refractivity contribution in [2.45, 2.75) is 12.8 Å². The Labute approximate surface area is 106 Å². The Morgan fingerprint density at radius 1 is 1.11 bits per heavy atom. The number of hydrogen-bond acceptors (Lipinski definition) is 4. The van der Waals surface area contributed by atoms with E-state index >= 15 is 0 Å². The number of benzene rings is 1. The molecule has 18 heavy (non-hydrogen) atoms. The van der Waals surface area contributed by atoms with Gasteiger partial charge in [0.05, 0.1) is 19.9 Å². The van der Waals surface area contributed by atoms with Crippen LogP contribution in [0.1, 0.15) is 11.3 Å². The van der Waals surface area contributed by atoms with Gasteiger partial charge in [-0.1, -0.05) is 0 Å². The molecule has 1 aromatic carbocycles. The average Bonchev–Trinajstić information content (AvgIpc) is 2.81. The van der Waals surface area contributed by atoms with Crippen LogP contribution in [0.5, 0.6) is 11.5 Å². The van der Waals surface area contributed by atoms with Gasteiger partial charge in [-0.2, -0.15) is 9.89 Å². The zero-order chi connectivity index (χ0) is 13.0. The van der Waals surface area contributed by atoms with Crippen LogP contribution in [0.15, 0.2) is 30.5 Å². The highest BCUT2D eigenvalue weighted by atomic mass is 16.5. The van der Waals surface area contributed by atoms with Gasteiger partial charge in [-0.05, 0) is 36.6 Å². The highest BCUT2D eigenvalue weighted by Crippen LogP contribution is 2.23. The lowest BCUT2D eigenvalue weighted by Gasteiger charge is -2.07. The Hall–Kier alpha value is -2.17. The van der Waals surface area contributed by atoms with Gasteiger partial charge >= 0.3 is 0 Å². The van der Waals surface area contributed by atoms with Crippen LogP contribution in [-0.2, 0) is 12.8 Å². The van der Waals surface area contributed by atoms with E-state index in [0.29, 0.717) is 0 Å². The van der Waals surface area contributed by atoms with Crippen molar-refractivity contribution in [3.63, 3.8) is 0 Å². The molecular formula is C13H17N3O2. The summed E-state index contributed by atoms with van der Waals surface area (Å²) in [4.78, 5) is 1.32. The second-order valence-corrected chi connectivity index (χ2v) is 4.01. The van der Waals surface area contributed by atoms with E-state index in [4.69, 9.17) is 15.3 Å². The van der Waals surface area contributed by atoms with Crippen molar-refractivity contribution in [2.24, 2.45) is 0 Å². The van der Waals surface area contributed by atoms with Crippen molar-refractivity contribution >= 4 is 0 Å². The van der Waals surface area contributed by atoms with Crippen LogP contribution in [0.2, 0.25) is 0 Å². The first kappa shape index (κ1) is 12.3. The molecule has 96 valence electrons. The van der Waals surface area contributed by atoms with E-state index in [2.05, 4.69) is 5.10 Å². The highest BCUT2D eigenvalue weighted by molar-refractivity contribution is 5.38. The Morgan fingerprint density at radius 3 is 2.28 bits per heavy atom.